The summed E-state index contributed by atoms with van der Waals surface area (Å²) < 4.78 is 5.46. The van der Waals surface area contributed by atoms with E-state index in [2.05, 4.69) is 0 Å². The molecule has 0 aromatic heterocycles. The fourth-order valence-electron chi connectivity index (χ4n) is 1.95. The first kappa shape index (κ1) is 15.2. The highest BCUT2D eigenvalue weighted by Gasteiger charge is 2.21. The predicted octanol–water partition coefficient (Wildman–Crippen LogP) is 3.25. The maximum Gasteiger partial charge on any atom is 0.311 e. The monoisotopic (exact) mass is 296 g/mol. The summed E-state index contributed by atoms with van der Waals surface area (Å²) in [6.07, 6.45) is 0. The van der Waals surface area contributed by atoms with E-state index < -0.39 is 10.7 Å². The number of benzene rings is 2. The second-order valence-corrected chi connectivity index (χ2v) is 4.56. The third-order valence-electron chi connectivity index (χ3n) is 3.03. The van der Waals surface area contributed by atoms with Gasteiger partial charge in [-0.3, -0.25) is 14.9 Å². The molecular formula is C16H12N2O4. The van der Waals surface area contributed by atoms with Gasteiger partial charge in [-0.05, 0) is 12.5 Å². The molecule has 110 valence electrons. The van der Waals surface area contributed by atoms with Gasteiger partial charge in [0, 0.05) is 17.7 Å². The summed E-state index contributed by atoms with van der Waals surface area (Å²) in [6.45, 7) is 1.39. The van der Waals surface area contributed by atoms with Crippen LogP contribution in [0.15, 0.2) is 42.5 Å². The minimum Gasteiger partial charge on any atom is -0.482 e. The maximum absolute atomic E-state index is 11.5. The Hall–Kier alpha value is -3.20. The van der Waals surface area contributed by atoms with Crippen LogP contribution in [0.5, 0.6) is 5.75 Å². The van der Waals surface area contributed by atoms with Gasteiger partial charge < -0.3 is 4.74 Å². The number of carbonyl (C=O) groups is 1. The molecule has 0 amide bonds. The minimum absolute atomic E-state index is 0.0151. The highest BCUT2D eigenvalue weighted by molar-refractivity contribution is 5.97. The number of carbonyl (C=O) groups excluding carboxylic acids is 1. The number of nitrogens with zero attached hydrogens (tertiary/aromatic N) is 2. The van der Waals surface area contributed by atoms with E-state index in [1.165, 1.54) is 13.0 Å². The lowest BCUT2D eigenvalue weighted by molar-refractivity contribution is -0.386. The molecule has 0 unspecified atom stereocenters. The Morgan fingerprint density at radius 1 is 1.32 bits per heavy atom. The van der Waals surface area contributed by atoms with E-state index in [0.717, 1.165) is 11.6 Å². The average Bonchev–Trinajstić information content (AvgIpc) is 2.52. The van der Waals surface area contributed by atoms with E-state index in [1.54, 1.807) is 0 Å². The van der Waals surface area contributed by atoms with Crippen molar-refractivity contribution in [3.8, 4) is 11.8 Å². The first-order chi connectivity index (χ1) is 10.5. The van der Waals surface area contributed by atoms with Gasteiger partial charge in [0.15, 0.2) is 11.5 Å². The zero-order valence-electron chi connectivity index (χ0n) is 11.8. The summed E-state index contributed by atoms with van der Waals surface area (Å²) in [5.41, 5.74) is 0.577. The molecule has 6 heteroatoms. The number of Topliss-reactive ketones (excluding diaryl/α,β-unsaturated/α-hetero) is 1. The molecule has 0 aliphatic rings. The van der Waals surface area contributed by atoms with E-state index in [0.29, 0.717) is 0 Å². The van der Waals surface area contributed by atoms with Crippen LogP contribution in [0.1, 0.15) is 28.4 Å². The zero-order chi connectivity index (χ0) is 16.1. The predicted molar refractivity (Wildman–Crippen MR) is 78.6 cm³/mol. The molecule has 0 N–H and O–H groups in total. The summed E-state index contributed by atoms with van der Waals surface area (Å²) in [5, 5.41) is 20.2. The van der Waals surface area contributed by atoms with Crippen LogP contribution in [0.25, 0.3) is 0 Å². The Balaban J connectivity index is 2.39. The number of hydrogen-bond acceptors (Lipinski definition) is 5. The van der Waals surface area contributed by atoms with Crippen LogP contribution in [0, 0.1) is 21.4 Å². The summed E-state index contributed by atoms with van der Waals surface area (Å²) in [7, 11) is 0. The summed E-state index contributed by atoms with van der Waals surface area (Å²) in [4.78, 5) is 22.0. The largest absolute Gasteiger partial charge is 0.482 e. The Bertz CT molecular complexity index is 764. The molecule has 22 heavy (non-hydrogen) atoms. The quantitative estimate of drug-likeness (QED) is 0.479. The van der Waals surface area contributed by atoms with Gasteiger partial charge in [0.05, 0.1) is 10.5 Å². The number of nitro benzene ring substituents is 1. The SMILES string of the molecule is CC(=O)c1cc([N+](=O)[O-])c(OCc2ccccc2)cc1C#N. The fraction of sp³-hybridized carbons (Fsp3) is 0.125. The molecule has 0 aliphatic heterocycles. The third-order valence-corrected chi connectivity index (χ3v) is 3.03. The standard InChI is InChI=1S/C16H12N2O4/c1-11(19)14-8-15(18(20)21)16(7-13(14)9-17)22-10-12-5-3-2-4-6-12/h2-8H,10H2,1H3. The molecule has 0 radical (unpaired) electrons. The van der Waals surface area contributed by atoms with Crippen LogP contribution in [0.2, 0.25) is 0 Å². The van der Waals surface area contributed by atoms with Crippen LogP contribution in [-0.4, -0.2) is 10.7 Å². The first-order valence-electron chi connectivity index (χ1n) is 6.43. The van der Waals surface area contributed by atoms with E-state index in [-0.39, 0.29) is 29.2 Å². The smallest absolute Gasteiger partial charge is 0.311 e. The van der Waals surface area contributed by atoms with Gasteiger partial charge in [0.1, 0.15) is 12.7 Å². The van der Waals surface area contributed by atoms with Crippen molar-refractivity contribution in [2.24, 2.45) is 0 Å². The lowest BCUT2D eigenvalue weighted by Crippen LogP contribution is -2.04. The molecule has 0 saturated heterocycles. The average molecular weight is 296 g/mol. The van der Waals surface area contributed by atoms with Crippen molar-refractivity contribution in [1.82, 2.24) is 0 Å². The molecule has 2 aromatic carbocycles. The van der Waals surface area contributed by atoms with Crippen LogP contribution in [0.3, 0.4) is 0 Å². The van der Waals surface area contributed by atoms with Gasteiger partial charge in [0.2, 0.25) is 0 Å². The maximum atomic E-state index is 11.5. The van der Waals surface area contributed by atoms with Crippen molar-refractivity contribution < 1.29 is 14.5 Å². The van der Waals surface area contributed by atoms with Gasteiger partial charge in [-0.25, -0.2) is 0 Å². The van der Waals surface area contributed by atoms with Crippen LogP contribution in [0.4, 0.5) is 5.69 Å². The van der Waals surface area contributed by atoms with Gasteiger partial charge in [-0.1, -0.05) is 30.3 Å². The molecular weight excluding hydrogens is 284 g/mol. The van der Waals surface area contributed by atoms with E-state index in [4.69, 9.17) is 10.00 Å². The normalized spacial score (nSPS) is 9.82. The van der Waals surface area contributed by atoms with E-state index in [9.17, 15) is 14.9 Å². The Morgan fingerprint density at radius 2 is 2.00 bits per heavy atom. The highest BCUT2D eigenvalue weighted by Crippen LogP contribution is 2.31. The number of ether oxygens (including phenoxy) is 1. The minimum atomic E-state index is -0.631. The number of nitro groups is 1. The fourth-order valence-corrected chi connectivity index (χ4v) is 1.95. The molecule has 0 heterocycles. The number of ketones is 1. The van der Waals surface area contributed by atoms with Gasteiger partial charge >= 0.3 is 5.69 Å². The highest BCUT2D eigenvalue weighted by atomic mass is 16.6. The molecule has 0 spiro atoms. The van der Waals surface area contributed by atoms with Crippen molar-refractivity contribution in [2.75, 3.05) is 0 Å². The lowest BCUT2D eigenvalue weighted by Gasteiger charge is -2.09. The molecule has 0 saturated carbocycles. The number of rotatable bonds is 5. The molecule has 0 aliphatic carbocycles. The second kappa shape index (κ2) is 6.50. The van der Waals surface area contributed by atoms with Crippen molar-refractivity contribution >= 4 is 11.5 Å². The molecule has 6 nitrogen and oxygen atoms in total. The molecule has 0 fully saturated rings. The zero-order valence-corrected chi connectivity index (χ0v) is 11.8. The molecule has 2 rings (SSSR count). The van der Waals surface area contributed by atoms with Gasteiger partial charge in [-0.2, -0.15) is 5.26 Å². The van der Waals surface area contributed by atoms with E-state index in [1.807, 2.05) is 36.4 Å². The van der Waals surface area contributed by atoms with Crippen molar-refractivity contribution in [3.05, 3.63) is 69.3 Å². The molecule has 0 atom stereocenters. The van der Waals surface area contributed by atoms with Crippen molar-refractivity contribution in [1.29, 1.82) is 5.26 Å². The third kappa shape index (κ3) is 3.27. The number of hydrogen-bond donors (Lipinski definition) is 0. The molecule has 0 bridgehead atoms. The lowest BCUT2D eigenvalue weighted by atomic mass is 10.0. The van der Waals surface area contributed by atoms with Gasteiger partial charge in [-0.15, -0.1) is 0 Å². The van der Waals surface area contributed by atoms with Crippen LogP contribution >= 0.6 is 0 Å². The summed E-state index contributed by atoms with van der Waals surface area (Å²) in [6, 6.07) is 13.3. The first-order valence-corrected chi connectivity index (χ1v) is 6.43. The Kier molecular flexibility index (Phi) is 4.49. The second-order valence-electron chi connectivity index (χ2n) is 4.56. The van der Waals surface area contributed by atoms with Crippen LogP contribution in [-0.2, 0) is 6.61 Å². The van der Waals surface area contributed by atoms with Crippen molar-refractivity contribution in [3.63, 3.8) is 0 Å². The summed E-state index contributed by atoms with van der Waals surface area (Å²) >= 11 is 0. The van der Waals surface area contributed by atoms with Crippen LogP contribution < -0.4 is 4.74 Å². The Morgan fingerprint density at radius 3 is 2.55 bits per heavy atom. The Labute approximate surface area is 126 Å². The van der Waals surface area contributed by atoms with E-state index >= 15 is 0 Å². The molecule has 2 aromatic rings. The number of nitriles is 1. The topological polar surface area (TPSA) is 93.2 Å². The van der Waals surface area contributed by atoms with Gasteiger partial charge in [0.25, 0.3) is 0 Å². The summed E-state index contributed by atoms with van der Waals surface area (Å²) in [5.74, 6) is -0.440. The van der Waals surface area contributed by atoms with Crippen molar-refractivity contribution in [2.45, 2.75) is 13.5 Å².